The Morgan fingerprint density at radius 1 is 1.53 bits per heavy atom. The number of hydrogen-bond donors (Lipinski definition) is 1. The molecule has 1 aliphatic heterocycles. The van der Waals surface area contributed by atoms with Crippen molar-refractivity contribution >= 4 is 29.0 Å². The van der Waals surface area contributed by atoms with Gasteiger partial charge in [-0.25, -0.2) is 4.98 Å². The molecule has 0 radical (unpaired) electrons. The summed E-state index contributed by atoms with van der Waals surface area (Å²) >= 11 is 11.6. The van der Waals surface area contributed by atoms with Crippen LogP contribution in [-0.2, 0) is 4.74 Å². The fourth-order valence-electron chi connectivity index (χ4n) is 1.66. The van der Waals surface area contributed by atoms with Crippen LogP contribution in [0.1, 0.15) is 6.42 Å². The number of anilines is 1. The van der Waals surface area contributed by atoms with Crippen molar-refractivity contribution in [2.75, 3.05) is 18.5 Å². The van der Waals surface area contributed by atoms with Crippen LogP contribution in [0.5, 0.6) is 0 Å². The molecule has 90 valence electrons. The van der Waals surface area contributed by atoms with E-state index in [-0.39, 0.29) is 17.2 Å². The Labute approximate surface area is 109 Å². The van der Waals surface area contributed by atoms with E-state index >= 15 is 0 Å². The number of nitrogens with one attached hydrogen (secondary N) is 1. The number of aromatic nitrogens is 2. The average molecular weight is 273 g/mol. The maximum atomic E-state index is 9.03. The summed E-state index contributed by atoms with van der Waals surface area (Å²) in [6.07, 6.45) is 2.12. The van der Waals surface area contributed by atoms with Crippen molar-refractivity contribution in [3.63, 3.8) is 0 Å². The lowest BCUT2D eigenvalue weighted by Gasteiger charge is -2.28. The third kappa shape index (κ3) is 2.97. The standard InChI is InChI=1S/C10H10Cl2N4O/c11-7-4-14-10(12)16-9(7)15-8-5-17-2-1-6(8)3-13/h4,6,8H,1-2,5H2,(H,14,15,16)/t6?,8-/m0/s1. The number of nitriles is 1. The second-order valence-electron chi connectivity index (χ2n) is 3.69. The maximum absolute atomic E-state index is 9.03. The van der Waals surface area contributed by atoms with Gasteiger partial charge in [-0.1, -0.05) is 11.6 Å². The van der Waals surface area contributed by atoms with Gasteiger partial charge in [-0.15, -0.1) is 0 Å². The van der Waals surface area contributed by atoms with Crippen molar-refractivity contribution < 1.29 is 4.74 Å². The molecule has 7 heteroatoms. The van der Waals surface area contributed by atoms with Gasteiger partial charge in [0.2, 0.25) is 5.28 Å². The van der Waals surface area contributed by atoms with Crippen molar-refractivity contribution in [1.82, 2.24) is 9.97 Å². The number of ether oxygens (including phenoxy) is 1. The molecule has 0 aromatic carbocycles. The summed E-state index contributed by atoms with van der Waals surface area (Å²) in [6.45, 7) is 1.06. The molecule has 1 aliphatic rings. The molecule has 0 aliphatic carbocycles. The second-order valence-corrected chi connectivity index (χ2v) is 4.43. The Kier molecular flexibility index (Phi) is 4.00. The van der Waals surface area contributed by atoms with Crippen LogP contribution in [0, 0.1) is 17.2 Å². The molecule has 1 aromatic rings. The first-order valence-corrected chi connectivity index (χ1v) is 5.88. The summed E-state index contributed by atoms with van der Waals surface area (Å²) < 4.78 is 5.32. The van der Waals surface area contributed by atoms with Gasteiger partial charge in [-0.05, 0) is 18.0 Å². The minimum absolute atomic E-state index is 0.113. The van der Waals surface area contributed by atoms with E-state index in [4.69, 9.17) is 33.2 Å². The zero-order valence-electron chi connectivity index (χ0n) is 8.86. The molecule has 2 atom stereocenters. The van der Waals surface area contributed by atoms with Gasteiger partial charge in [0.1, 0.15) is 10.8 Å². The minimum atomic E-state index is -0.128. The van der Waals surface area contributed by atoms with E-state index < -0.39 is 0 Å². The van der Waals surface area contributed by atoms with Crippen molar-refractivity contribution in [3.05, 3.63) is 16.5 Å². The molecule has 2 rings (SSSR count). The van der Waals surface area contributed by atoms with Gasteiger partial charge in [0.15, 0.2) is 0 Å². The van der Waals surface area contributed by atoms with Crippen LogP contribution in [0.25, 0.3) is 0 Å². The van der Waals surface area contributed by atoms with E-state index in [2.05, 4.69) is 21.4 Å². The molecule has 0 spiro atoms. The van der Waals surface area contributed by atoms with Crippen LogP contribution >= 0.6 is 23.2 Å². The van der Waals surface area contributed by atoms with Gasteiger partial charge in [-0.2, -0.15) is 10.2 Å². The molecule has 1 aromatic heterocycles. The molecule has 0 saturated carbocycles. The molecular weight excluding hydrogens is 263 g/mol. The highest BCUT2D eigenvalue weighted by atomic mass is 35.5. The van der Waals surface area contributed by atoms with E-state index in [1.54, 1.807) is 0 Å². The van der Waals surface area contributed by atoms with Crippen molar-refractivity contribution in [2.45, 2.75) is 12.5 Å². The van der Waals surface area contributed by atoms with Gasteiger partial charge in [0.05, 0.1) is 30.8 Å². The van der Waals surface area contributed by atoms with Gasteiger partial charge in [0, 0.05) is 6.61 Å². The third-order valence-corrected chi connectivity index (χ3v) is 3.02. The van der Waals surface area contributed by atoms with Crippen molar-refractivity contribution in [2.24, 2.45) is 5.92 Å². The molecular formula is C10H10Cl2N4O. The average Bonchev–Trinajstić information content (AvgIpc) is 2.34. The topological polar surface area (TPSA) is 70.8 Å². The quantitative estimate of drug-likeness (QED) is 0.836. The van der Waals surface area contributed by atoms with Gasteiger partial charge >= 0.3 is 0 Å². The Morgan fingerprint density at radius 3 is 3.12 bits per heavy atom. The summed E-state index contributed by atoms with van der Waals surface area (Å²) in [5, 5.41) is 12.6. The normalized spacial score (nSPS) is 24.1. The van der Waals surface area contributed by atoms with Gasteiger partial charge in [-0.3, -0.25) is 0 Å². The van der Waals surface area contributed by atoms with Crippen LogP contribution < -0.4 is 5.32 Å². The molecule has 17 heavy (non-hydrogen) atoms. The predicted octanol–water partition coefficient (Wildman–Crippen LogP) is 2.12. The van der Waals surface area contributed by atoms with E-state index in [1.807, 2.05) is 0 Å². The van der Waals surface area contributed by atoms with Gasteiger partial charge in [0.25, 0.3) is 0 Å². The van der Waals surface area contributed by atoms with Crippen molar-refractivity contribution in [3.8, 4) is 6.07 Å². The number of nitrogens with zero attached hydrogens (tertiary/aromatic N) is 3. The molecule has 0 amide bonds. The van der Waals surface area contributed by atoms with Gasteiger partial charge < -0.3 is 10.1 Å². The Bertz CT molecular complexity index is 448. The number of rotatable bonds is 2. The lowest BCUT2D eigenvalue weighted by atomic mass is 9.96. The van der Waals surface area contributed by atoms with E-state index in [0.717, 1.165) is 0 Å². The molecule has 1 N–H and O–H groups in total. The van der Waals surface area contributed by atoms with E-state index in [1.165, 1.54) is 6.20 Å². The zero-order chi connectivity index (χ0) is 12.3. The third-order valence-electron chi connectivity index (χ3n) is 2.56. The number of halogens is 2. The molecule has 1 fully saturated rings. The lowest BCUT2D eigenvalue weighted by Crippen LogP contribution is -2.38. The molecule has 2 heterocycles. The fraction of sp³-hybridized carbons (Fsp3) is 0.500. The monoisotopic (exact) mass is 272 g/mol. The van der Waals surface area contributed by atoms with Crippen LogP contribution in [0.2, 0.25) is 10.3 Å². The van der Waals surface area contributed by atoms with Crippen LogP contribution in [0.15, 0.2) is 6.20 Å². The minimum Gasteiger partial charge on any atom is -0.379 e. The maximum Gasteiger partial charge on any atom is 0.224 e. The fourth-order valence-corrected chi connectivity index (χ4v) is 1.94. The highest BCUT2D eigenvalue weighted by Crippen LogP contribution is 2.24. The smallest absolute Gasteiger partial charge is 0.224 e. The van der Waals surface area contributed by atoms with Crippen LogP contribution in [0.3, 0.4) is 0 Å². The first kappa shape index (κ1) is 12.4. The van der Waals surface area contributed by atoms with E-state index in [9.17, 15) is 0 Å². The summed E-state index contributed by atoms with van der Waals surface area (Å²) in [6, 6.07) is 2.12. The Hall–Kier alpha value is -1.09. The molecule has 5 nitrogen and oxygen atoms in total. The largest absolute Gasteiger partial charge is 0.379 e. The molecule has 1 saturated heterocycles. The summed E-state index contributed by atoms with van der Waals surface area (Å²) in [4.78, 5) is 7.74. The second kappa shape index (κ2) is 5.50. The molecule has 0 bridgehead atoms. The van der Waals surface area contributed by atoms with Crippen LogP contribution in [0.4, 0.5) is 5.82 Å². The summed E-state index contributed by atoms with van der Waals surface area (Å²) in [5.41, 5.74) is 0. The highest BCUT2D eigenvalue weighted by molar-refractivity contribution is 6.33. The van der Waals surface area contributed by atoms with Crippen LogP contribution in [-0.4, -0.2) is 29.2 Å². The first-order chi connectivity index (χ1) is 8.20. The lowest BCUT2D eigenvalue weighted by molar-refractivity contribution is 0.0698. The molecule has 1 unspecified atom stereocenters. The zero-order valence-corrected chi connectivity index (χ0v) is 10.4. The highest BCUT2D eigenvalue weighted by Gasteiger charge is 2.26. The Balaban J connectivity index is 2.14. The summed E-state index contributed by atoms with van der Waals surface area (Å²) in [7, 11) is 0. The Morgan fingerprint density at radius 2 is 2.35 bits per heavy atom. The van der Waals surface area contributed by atoms with E-state index in [0.29, 0.717) is 30.5 Å². The first-order valence-electron chi connectivity index (χ1n) is 5.12. The SMILES string of the molecule is N#CC1CCOC[C@@H]1Nc1nc(Cl)ncc1Cl. The summed E-state index contributed by atoms with van der Waals surface area (Å²) in [5.74, 6) is 0.316. The predicted molar refractivity (Wildman–Crippen MR) is 64.0 cm³/mol. The van der Waals surface area contributed by atoms with Crippen molar-refractivity contribution in [1.29, 1.82) is 5.26 Å². The number of hydrogen-bond acceptors (Lipinski definition) is 5.